The molecule has 0 bridgehead atoms. The molecule has 0 atom stereocenters. The minimum atomic E-state index is -3.76. The third-order valence-electron chi connectivity index (χ3n) is 2.98. The van der Waals surface area contributed by atoms with Gasteiger partial charge in [0.1, 0.15) is 5.75 Å². The van der Waals surface area contributed by atoms with Crippen LogP contribution in [0.5, 0.6) is 5.75 Å². The quantitative estimate of drug-likeness (QED) is 0.818. The van der Waals surface area contributed by atoms with Crippen molar-refractivity contribution in [1.82, 2.24) is 4.72 Å². The first-order valence-electron chi connectivity index (χ1n) is 6.12. The van der Waals surface area contributed by atoms with Crippen LogP contribution >= 0.6 is 0 Å². The van der Waals surface area contributed by atoms with Gasteiger partial charge in [0.25, 0.3) is 0 Å². The monoisotopic (exact) mass is 270 g/mol. The van der Waals surface area contributed by atoms with E-state index in [1.54, 1.807) is 18.2 Å². The van der Waals surface area contributed by atoms with Crippen LogP contribution in [0.1, 0.15) is 32.1 Å². The number of rotatable bonds is 4. The van der Waals surface area contributed by atoms with Gasteiger partial charge < -0.3 is 9.92 Å². The molecule has 18 heavy (non-hydrogen) atoms. The molecular formula is C12H18N2O3S. The van der Waals surface area contributed by atoms with Crippen LogP contribution in [-0.2, 0) is 10.3 Å². The SMILES string of the molecule is Nc1cccc(OS(=O)(=O)NC2CCCCC2)c1. The lowest BCUT2D eigenvalue weighted by molar-refractivity contribution is 0.391. The highest BCUT2D eigenvalue weighted by Crippen LogP contribution is 2.20. The zero-order valence-electron chi connectivity index (χ0n) is 10.1. The Morgan fingerprint density at radius 1 is 1.22 bits per heavy atom. The highest BCUT2D eigenvalue weighted by molar-refractivity contribution is 7.85. The van der Waals surface area contributed by atoms with Crippen LogP contribution in [0.3, 0.4) is 0 Å². The van der Waals surface area contributed by atoms with Crippen LogP contribution in [0.15, 0.2) is 24.3 Å². The minimum Gasteiger partial charge on any atom is -0.399 e. The maximum absolute atomic E-state index is 11.8. The molecule has 6 heteroatoms. The Bertz CT molecular complexity index is 496. The Morgan fingerprint density at radius 2 is 1.94 bits per heavy atom. The van der Waals surface area contributed by atoms with Gasteiger partial charge in [-0.15, -0.1) is 0 Å². The molecule has 1 aliphatic rings. The fourth-order valence-corrected chi connectivity index (χ4v) is 3.19. The number of nitrogens with two attached hydrogens (primary N) is 1. The number of nitrogen functional groups attached to an aromatic ring is 1. The van der Waals surface area contributed by atoms with Gasteiger partial charge in [0.15, 0.2) is 0 Å². The zero-order chi connectivity index (χ0) is 13.0. The first-order chi connectivity index (χ1) is 8.55. The standard InChI is InChI=1S/C12H18N2O3S/c13-10-5-4-8-12(9-10)17-18(15,16)14-11-6-2-1-3-7-11/h4-5,8-9,11,14H,1-3,6-7,13H2. The Morgan fingerprint density at radius 3 is 2.61 bits per heavy atom. The second-order valence-corrected chi connectivity index (χ2v) is 5.87. The van der Waals surface area contributed by atoms with E-state index in [-0.39, 0.29) is 11.8 Å². The molecular weight excluding hydrogens is 252 g/mol. The molecule has 1 fully saturated rings. The summed E-state index contributed by atoms with van der Waals surface area (Å²) >= 11 is 0. The van der Waals surface area contributed by atoms with Gasteiger partial charge in [-0.3, -0.25) is 0 Å². The number of nitrogens with one attached hydrogen (secondary N) is 1. The van der Waals surface area contributed by atoms with Gasteiger partial charge in [0, 0.05) is 17.8 Å². The first-order valence-corrected chi connectivity index (χ1v) is 7.53. The van der Waals surface area contributed by atoms with E-state index in [9.17, 15) is 8.42 Å². The van der Waals surface area contributed by atoms with Crippen LogP contribution in [0.2, 0.25) is 0 Å². The lowest BCUT2D eigenvalue weighted by atomic mass is 9.96. The molecule has 0 unspecified atom stereocenters. The summed E-state index contributed by atoms with van der Waals surface area (Å²) in [5.41, 5.74) is 6.04. The molecule has 0 heterocycles. The zero-order valence-corrected chi connectivity index (χ0v) is 10.9. The molecule has 2 rings (SSSR count). The normalized spacial score (nSPS) is 17.6. The number of hydrogen-bond donors (Lipinski definition) is 2. The lowest BCUT2D eigenvalue weighted by Gasteiger charge is -2.22. The Labute approximate surface area is 108 Å². The molecule has 0 aliphatic heterocycles. The van der Waals surface area contributed by atoms with E-state index in [4.69, 9.17) is 9.92 Å². The third kappa shape index (κ3) is 3.89. The van der Waals surface area contributed by atoms with Crippen LogP contribution in [-0.4, -0.2) is 14.5 Å². The molecule has 1 aromatic carbocycles. The maximum atomic E-state index is 11.8. The number of anilines is 1. The lowest BCUT2D eigenvalue weighted by Crippen LogP contribution is -2.38. The van der Waals surface area contributed by atoms with Gasteiger partial charge in [-0.1, -0.05) is 25.3 Å². The van der Waals surface area contributed by atoms with E-state index in [0.717, 1.165) is 25.7 Å². The van der Waals surface area contributed by atoms with Crippen LogP contribution in [0.4, 0.5) is 5.69 Å². The summed E-state index contributed by atoms with van der Waals surface area (Å²) in [6, 6.07) is 6.37. The van der Waals surface area contributed by atoms with Gasteiger partial charge in [-0.2, -0.15) is 13.1 Å². The topological polar surface area (TPSA) is 81.4 Å². The second kappa shape index (κ2) is 5.58. The predicted molar refractivity (Wildman–Crippen MR) is 70.4 cm³/mol. The van der Waals surface area contributed by atoms with Crippen molar-refractivity contribution >= 4 is 16.0 Å². The van der Waals surface area contributed by atoms with Crippen molar-refractivity contribution in [3.63, 3.8) is 0 Å². The summed E-state index contributed by atoms with van der Waals surface area (Å²) in [7, 11) is -3.76. The molecule has 0 aromatic heterocycles. The summed E-state index contributed by atoms with van der Waals surface area (Å²) < 4.78 is 31.1. The molecule has 100 valence electrons. The predicted octanol–water partition coefficient (Wildman–Crippen LogP) is 1.81. The van der Waals surface area contributed by atoms with Gasteiger partial charge in [0.05, 0.1) is 0 Å². The van der Waals surface area contributed by atoms with Crippen molar-refractivity contribution < 1.29 is 12.6 Å². The number of benzene rings is 1. The molecule has 1 aromatic rings. The largest absolute Gasteiger partial charge is 0.399 e. The summed E-state index contributed by atoms with van der Waals surface area (Å²) in [5.74, 6) is 0.235. The minimum absolute atomic E-state index is 0.00944. The molecule has 1 aliphatic carbocycles. The highest BCUT2D eigenvalue weighted by Gasteiger charge is 2.21. The molecule has 1 saturated carbocycles. The fourth-order valence-electron chi connectivity index (χ4n) is 2.14. The average molecular weight is 270 g/mol. The summed E-state index contributed by atoms with van der Waals surface area (Å²) in [4.78, 5) is 0. The summed E-state index contributed by atoms with van der Waals surface area (Å²) in [6.07, 6.45) is 5.05. The fraction of sp³-hybridized carbons (Fsp3) is 0.500. The van der Waals surface area contributed by atoms with Crippen molar-refractivity contribution in [2.24, 2.45) is 0 Å². The third-order valence-corrected chi connectivity index (χ3v) is 4.01. The van der Waals surface area contributed by atoms with Gasteiger partial charge >= 0.3 is 10.3 Å². The Kier molecular flexibility index (Phi) is 4.08. The summed E-state index contributed by atoms with van der Waals surface area (Å²) in [6.45, 7) is 0. The van der Waals surface area contributed by atoms with Crippen molar-refractivity contribution in [2.75, 3.05) is 5.73 Å². The molecule has 3 N–H and O–H groups in total. The molecule has 0 amide bonds. The van der Waals surface area contributed by atoms with E-state index < -0.39 is 10.3 Å². The van der Waals surface area contributed by atoms with E-state index in [1.165, 1.54) is 12.5 Å². The van der Waals surface area contributed by atoms with E-state index in [1.807, 2.05) is 0 Å². The van der Waals surface area contributed by atoms with E-state index >= 15 is 0 Å². The highest BCUT2D eigenvalue weighted by atomic mass is 32.2. The van der Waals surface area contributed by atoms with Gasteiger partial charge in [-0.25, -0.2) is 0 Å². The van der Waals surface area contributed by atoms with Gasteiger partial charge in [-0.05, 0) is 25.0 Å². The second-order valence-electron chi connectivity index (χ2n) is 4.56. The van der Waals surface area contributed by atoms with Crippen molar-refractivity contribution in [1.29, 1.82) is 0 Å². The van der Waals surface area contributed by atoms with Gasteiger partial charge in [0.2, 0.25) is 0 Å². The van der Waals surface area contributed by atoms with Crippen LogP contribution < -0.4 is 14.6 Å². The van der Waals surface area contributed by atoms with Crippen LogP contribution in [0, 0.1) is 0 Å². The molecule has 0 spiro atoms. The van der Waals surface area contributed by atoms with Crippen LogP contribution in [0.25, 0.3) is 0 Å². The molecule has 0 saturated heterocycles. The van der Waals surface area contributed by atoms with Crippen molar-refractivity contribution in [3.05, 3.63) is 24.3 Å². The average Bonchev–Trinajstić information content (AvgIpc) is 2.28. The Balaban J connectivity index is 1.98. The summed E-state index contributed by atoms with van der Waals surface area (Å²) in [5, 5.41) is 0. The first kappa shape index (κ1) is 13.2. The van der Waals surface area contributed by atoms with E-state index in [0.29, 0.717) is 5.69 Å². The smallest absolute Gasteiger partial charge is 0.382 e. The Hall–Kier alpha value is -1.27. The maximum Gasteiger partial charge on any atom is 0.382 e. The molecule has 0 radical (unpaired) electrons. The number of hydrogen-bond acceptors (Lipinski definition) is 4. The van der Waals surface area contributed by atoms with Crippen molar-refractivity contribution in [2.45, 2.75) is 38.1 Å². The van der Waals surface area contributed by atoms with E-state index in [2.05, 4.69) is 4.72 Å². The van der Waals surface area contributed by atoms with Crippen molar-refractivity contribution in [3.8, 4) is 5.75 Å². The molecule has 5 nitrogen and oxygen atoms in total.